The lowest BCUT2D eigenvalue weighted by atomic mass is 9.97. The van der Waals surface area contributed by atoms with Crippen LogP contribution in [-0.4, -0.2) is 95.0 Å². The van der Waals surface area contributed by atoms with E-state index in [1.807, 2.05) is 50.2 Å². The zero-order valence-corrected chi connectivity index (χ0v) is 34.5. The van der Waals surface area contributed by atoms with Gasteiger partial charge in [0, 0.05) is 37.6 Å². The zero-order valence-electron chi connectivity index (χ0n) is 34.5. The largest absolute Gasteiger partial charge is 0.444 e. The van der Waals surface area contributed by atoms with Crippen LogP contribution < -0.4 is 32.7 Å². The number of aliphatic hydroxyl groups excluding tert-OH is 1. The standard InChI is InChI=1S/C42H65N7O8/c1-26(2)34(23-43)46-39(53)36(27(3)4)48-40(54)37(28(5)24-50)47-35(51)21-15-14-20-33(22-31-16-10-8-11-17-31)45-38(52)30(7)49(41(55)29(6)44)42(56)57-25-32-18-12-9-13-19-32/h8-13,16-19,26-30,33-34,36-37,50H,14-15,20-25,43-44H2,1-7H3,(H,45,52)(H,46,53)(H,47,51)(H,48,54)/t28?,29-,30-,33-,34+,36?,37?/m0/s1. The monoisotopic (exact) mass is 795 g/mol. The third kappa shape index (κ3) is 16.3. The van der Waals surface area contributed by atoms with Crippen LogP contribution in [0.5, 0.6) is 0 Å². The van der Waals surface area contributed by atoms with Crippen LogP contribution in [0.25, 0.3) is 0 Å². The van der Waals surface area contributed by atoms with E-state index in [-0.39, 0.29) is 50.0 Å². The Bertz CT molecular complexity index is 1570. The number of imide groups is 1. The molecule has 0 saturated heterocycles. The molecular weight excluding hydrogens is 731 g/mol. The summed E-state index contributed by atoms with van der Waals surface area (Å²) >= 11 is 0. The van der Waals surface area contributed by atoms with Gasteiger partial charge in [-0.25, -0.2) is 9.69 Å². The van der Waals surface area contributed by atoms with Crippen LogP contribution in [-0.2, 0) is 41.7 Å². The van der Waals surface area contributed by atoms with Gasteiger partial charge in [-0.05, 0) is 56.1 Å². The summed E-state index contributed by atoms with van der Waals surface area (Å²) in [6.07, 6.45) is 0.845. The number of rotatable bonds is 23. The summed E-state index contributed by atoms with van der Waals surface area (Å²) in [5.74, 6) is -3.57. The van der Waals surface area contributed by atoms with Crippen molar-refractivity contribution in [1.82, 2.24) is 26.2 Å². The van der Waals surface area contributed by atoms with Gasteiger partial charge in [0.25, 0.3) is 0 Å². The van der Waals surface area contributed by atoms with E-state index in [1.165, 1.54) is 13.8 Å². The summed E-state index contributed by atoms with van der Waals surface area (Å²) in [4.78, 5) is 80.4. The van der Waals surface area contributed by atoms with Crippen molar-refractivity contribution in [3.8, 4) is 0 Å². The van der Waals surface area contributed by atoms with Crippen LogP contribution in [0.15, 0.2) is 60.7 Å². The minimum absolute atomic E-state index is 0.0505. The number of nitrogens with zero attached hydrogens (tertiary/aromatic N) is 1. The number of carbonyl (C=O) groups is 6. The summed E-state index contributed by atoms with van der Waals surface area (Å²) < 4.78 is 5.40. The van der Waals surface area contributed by atoms with Crippen molar-refractivity contribution < 1.29 is 38.6 Å². The number of amides is 6. The Morgan fingerprint density at radius 1 is 0.719 bits per heavy atom. The molecule has 57 heavy (non-hydrogen) atoms. The maximum absolute atomic E-state index is 13.7. The minimum Gasteiger partial charge on any atom is -0.444 e. The molecule has 2 aromatic rings. The Labute approximate surface area is 337 Å². The van der Waals surface area contributed by atoms with Crippen LogP contribution in [0.1, 0.15) is 85.3 Å². The van der Waals surface area contributed by atoms with Gasteiger partial charge in [0.1, 0.15) is 24.7 Å². The van der Waals surface area contributed by atoms with Crippen molar-refractivity contribution in [2.45, 2.75) is 123 Å². The molecule has 0 aliphatic rings. The van der Waals surface area contributed by atoms with Crippen LogP contribution in [0.3, 0.4) is 0 Å². The third-order valence-electron chi connectivity index (χ3n) is 9.76. The first-order valence-electron chi connectivity index (χ1n) is 19.8. The van der Waals surface area contributed by atoms with Gasteiger partial charge in [-0.1, -0.05) is 102 Å². The number of nitrogens with one attached hydrogen (secondary N) is 4. The summed E-state index contributed by atoms with van der Waals surface area (Å²) in [6.45, 7) is 11.7. The number of nitrogens with two attached hydrogens (primary N) is 2. The van der Waals surface area contributed by atoms with Crippen LogP contribution in [0, 0.1) is 17.8 Å². The first-order valence-corrected chi connectivity index (χ1v) is 19.8. The van der Waals surface area contributed by atoms with Crippen LogP contribution in [0.4, 0.5) is 4.79 Å². The van der Waals surface area contributed by atoms with Crippen molar-refractivity contribution in [2.24, 2.45) is 29.2 Å². The van der Waals surface area contributed by atoms with Crippen molar-refractivity contribution >= 4 is 35.6 Å². The van der Waals surface area contributed by atoms with Gasteiger partial charge in [0.2, 0.25) is 29.5 Å². The Morgan fingerprint density at radius 2 is 1.30 bits per heavy atom. The molecule has 0 heterocycles. The van der Waals surface area contributed by atoms with Gasteiger partial charge >= 0.3 is 6.09 Å². The van der Waals surface area contributed by atoms with E-state index in [2.05, 4.69) is 21.3 Å². The second kappa shape index (κ2) is 24.7. The van der Waals surface area contributed by atoms with E-state index in [0.29, 0.717) is 31.2 Å². The van der Waals surface area contributed by atoms with Crippen molar-refractivity contribution in [3.05, 3.63) is 71.8 Å². The number of benzene rings is 2. The zero-order chi connectivity index (χ0) is 42.7. The summed E-state index contributed by atoms with van der Waals surface area (Å²) in [7, 11) is 0. The first kappa shape index (κ1) is 48.3. The maximum atomic E-state index is 13.7. The minimum atomic E-state index is -1.24. The highest BCUT2D eigenvalue weighted by Gasteiger charge is 2.36. The molecule has 0 bridgehead atoms. The molecule has 0 aromatic heterocycles. The molecular formula is C42H65N7O8. The molecule has 15 nitrogen and oxygen atoms in total. The van der Waals surface area contributed by atoms with Gasteiger partial charge < -0.3 is 42.6 Å². The average molecular weight is 796 g/mol. The van der Waals surface area contributed by atoms with Crippen LogP contribution >= 0.6 is 0 Å². The predicted molar refractivity (Wildman–Crippen MR) is 218 cm³/mol. The van der Waals surface area contributed by atoms with Gasteiger partial charge in [0.15, 0.2) is 0 Å². The lowest BCUT2D eigenvalue weighted by Gasteiger charge is -2.29. The molecule has 9 N–H and O–H groups in total. The second-order valence-corrected chi connectivity index (χ2v) is 15.4. The molecule has 6 amide bonds. The number of aliphatic hydroxyl groups is 1. The van der Waals surface area contributed by atoms with Gasteiger partial charge in [-0.3, -0.25) is 24.0 Å². The predicted octanol–water partition coefficient (Wildman–Crippen LogP) is 2.53. The Hall–Kier alpha value is -4.86. The number of hydrogen-bond donors (Lipinski definition) is 7. The van der Waals surface area contributed by atoms with E-state index in [1.54, 1.807) is 45.0 Å². The first-order chi connectivity index (χ1) is 27.0. The lowest BCUT2D eigenvalue weighted by Crippen LogP contribution is -2.59. The molecule has 2 aromatic carbocycles. The molecule has 0 fully saturated rings. The van der Waals surface area contributed by atoms with E-state index >= 15 is 0 Å². The molecule has 316 valence electrons. The van der Waals surface area contributed by atoms with Gasteiger partial charge in [-0.2, -0.15) is 0 Å². The van der Waals surface area contributed by atoms with E-state index in [0.717, 1.165) is 10.5 Å². The fraction of sp³-hybridized carbons (Fsp3) is 0.571. The Morgan fingerprint density at radius 3 is 1.82 bits per heavy atom. The topological polar surface area (TPSA) is 235 Å². The van der Waals surface area contributed by atoms with Crippen molar-refractivity contribution in [1.29, 1.82) is 0 Å². The normalized spacial score (nSPS) is 14.9. The van der Waals surface area contributed by atoms with Crippen molar-refractivity contribution in [3.63, 3.8) is 0 Å². The fourth-order valence-corrected chi connectivity index (χ4v) is 6.05. The highest BCUT2D eigenvalue weighted by Crippen LogP contribution is 2.15. The Kier molecular flexibility index (Phi) is 20.9. The molecule has 0 saturated carbocycles. The molecule has 3 unspecified atom stereocenters. The number of ether oxygens (including phenoxy) is 1. The van der Waals surface area contributed by atoms with Gasteiger partial charge in [0.05, 0.1) is 6.04 Å². The molecule has 7 atom stereocenters. The molecule has 0 aliphatic heterocycles. The lowest BCUT2D eigenvalue weighted by molar-refractivity contribution is -0.139. The summed E-state index contributed by atoms with van der Waals surface area (Å²) in [6, 6.07) is 13.4. The maximum Gasteiger partial charge on any atom is 0.417 e. The van der Waals surface area contributed by atoms with E-state index in [9.17, 15) is 33.9 Å². The van der Waals surface area contributed by atoms with Crippen LogP contribution in [0.2, 0.25) is 0 Å². The average Bonchev–Trinajstić information content (AvgIpc) is 3.18. The summed E-state index contributed by atoms with van der Waals surface area (Å²) in [5.41, 5.74) is 13.3. The molecule has 0 aliphatic carbocycles. The second-order valence-electron chi connectivity index (χ2n) is 15.4. The molecule has 15 heteroatoms. The molecule has 0 spiro atoms. The number of carbonyl (C=O) groups excluding carboxylic acids is 6. The third-order valence-corrected chi connectivity index (χ3v) is 9.76. The highest BCUT2D eigenvalue weighted by molar-refractivity contribution is 6.00. The smallest absolute Gasteiger partial charge is 0.417 e. The Balaban J connectivity index is 2.10. The molecule has 0 radical (unpaired) electrons. The highest BCUT2D eigenvalue weighted by atomic mass is 16.6. The fourth-order valence-electron chi connectivity index (χ4n) is 6.05. The quantitative estimate of drug-likeness (QED) is 0.0812. The van der Waals surface area contributed by atoms with E-state index in [4.69, 9.17) is 16.2 Å². The number of unbranched alkanes of at least 4 members (excludes halogenated alkanes) is 1. The number of hydrogen-bond acceptors (Lipinski definition) is 10. The van der Waals surface area contributed by atoms with E-state index < -0.39 is 65.8 Å². The van der Waals surface area contributed by atoms with Gasteiger partial charge in [-0.15, -0.1) is 0 Å². The molecule has 2 rings (SSSR count). The van der Waals surface area contributed by atoms with Crippen molar-refractivity contribution in [2.75, 3.05) is 13.2 Å². The SMILES string of the molecule is CC(C)C(NC(=O)C(NC(=O)CCCC[C@@H](Cc1ccccc1)NC(=O)[C@H](C)N(C(=O)OCc1ccccc1)C(=O)[C@H](C)N)C(C)CO)C(=O)N[C@H](CN)C(C)C. The summed E-state index contributed by atoms with van der Waals surface area (Å²) in [5, 5.41) is 21.3.